The normalized spacial score (nSPS) is 11.1. The van der Waals surface area contributed by atoms with Gasteiger partial charge in [-0.15, -0.1) is 0 Å². The third-order valence-electron chi connectivity index (χ3n) is 4.48. The van der Waals surface area contributed by atoms with Crippen LogP contribution in [-0.4, -0.2) is 12.1 Å². The van der Waals surface area contributed by atoms with Crippen LogP contribution in [0.5, 0.6) is 5.75 Å². The van der Waals surface area contributed by atoms with E-state index in [4.69, 9.17) is 4.74 Å². The number of aryl methyl sites for hydroxylation is 1. The summed E-state index contributed by atoms with van der Waals surface area (Å²) in [4.78, 5) is 4.65. The third kappa shape index (κ3) is 6.34. The van der Waals surface area contributed by atoms with Crippen molar-refractivity contribution in [2.45, 2.75) is 80.6 Å². The van der Waals surface area contributed by atoms with Crippen LogP contribution in [0.1, 0.15) is 90.3 Å². The molecule has 1 aromatic carbocycles. The molecule has 0 aliphatic rings. The molecule has 0 aliphatic carbocycles. The summed E-state index contributed by atoms with van der Waals surface area (Å²) in [6.45, 7) is 18.4. The van der Waals surface area contributed by atoms with Crippen molar-refractivity contribution in [2.24, 2.45) is 0 Å². The minimum absolute atomic E-state index is 0.111. The van der Waals surface area contributed by atoms with E-state index in [-0.39, 0.29) is 11.7 Å². The Bertz CT molecular complexity index is 695. The Morgan fingerprint density at radius 2 is 1.63 bits per heavy atom. The van der Waals surface area contributed by atoms with Gasteiger partial charge in [-0.05, 0) is 47.9 Å². The predicted molar refractivity (Wildman–Crippen MR) is 116 cm³/mol. The molecule has 0 aliphatic heterocycles. The van der Waals surface area contributed by atoms with Crippen LogP contribution in [0.15, 0.2) is 24.4 Å². The van der Waals surface area contributed by atoms with Crippen LogP contribution >= 0.6 is 0 Å². The monoisotopic (exact) mass is 375 g/mol. The number of rotatable bonds is 5. The maximum absolute atomic E-state index is 14.2. The first-order chi connectivity index (χ1) is 12.9. The standard InChI is InChI=1S/C20H26FNO.2C2H6/c1-7-13(4)15-8-14(5)20(22-11-15)17-9-16(12(2)3)18(21)10-19(17)23-6;2*1-2/h8-13H,7H2,1-6H3;2*1-2H3. The summed E-state index contributed by atoms with van der Waals surface area (Å²) in [6, 6.07) is 5.51. The highest BCUT2D eigenvalue weighted by Gasteiger charge is 2.17. The van der Waals surface area contributed by atoms with Crippen LogP contribution in [0.2, 0.25) is 0 Å². The second-order valence-corrected chi connectivity index (χ2v) is 6.47. The zero-order valence-corrected chi connectivity index (χ0v) is 18.9. The van der Waals surface area contributed by atoms with E-state index in [1.54, 1.807) is 7.11 Å². The van der Waals surface area contributed by atoms with E-state index in [1.165, 1.54) is 11.6 Å². The van der Waals surface area contributed by atoms with Gasteiger partial charge in [-0.1, -0.05) is 61.5 Å². The van der Waals surface area contributed by atoms with Crippen molar-refractivity contribution in [3.63, 3.8) is 0 Å². The topological polar surface area (TPSA) is 22.1 Å². The average molecular weight is 376 g/mol. The Labute approximate surface area is 166 Å². The van der Waals surface area contributed by atoms with Crippen LogP contribution in [-0.2, 0) is 0 Å². The molecule has 0 N–H and O–H groups in total. The molecule has 0 amide bonds. The Hall–Kier alpha value is -1.90. The van der Waals surface area contributed by atoms with Crippen LogP contribution in [0.4, 0.5) is 4.39 Å². The van der Waals surface area contributed by atoms with E-state index < -0.39 is 0 Å². The van der Waals surface area contributed by atoms with Gasteiger partial charge in [0.15, 0.2) is 0 Å². The maximum atomic E-state index is 14.2. The highest BCUT2D eigenvalue weighted by Crippen LogP contribution is 2.36. The summed E-state index contributed by atoms with van der Waals surface area (Å²) in [5, 5.41) is 0. The summed E-state index contributed by atoms with van der Waals surface area (Å²) < 4.78 is 19.6. The molecule has 27 heavy (non-hydrogen) atoms. The fraction of sp³-hybridized carbons (Fsp3) is 0.542. The lowest BCUT2D eigenvalue weighted by atomic mass is 9.94. The maximum Gasteiger partial charge on any atom is 0.131 e. The molecule has 1 aromatic heterocycles. The number of hydrogen-bond donors (Lipinski definition) is 0. The predicted octanol–water partition coefficient (Wildman–Crippen LogP) is 7.89. The quantitative estimate of drug-likeness (QED) is 0.530. The van der Waals surface area contributed by atoms with Gasteiger partial charge in [0, 0.05) is 17.8 Å². The number of methoxy groups -OCH3 is 1. The largest absolute Gasteiger partial charge is 0.496 e. The number of benzene rings is 1. The van der Waals surface area contributed by atoms with E-state index in [0.717, 1.165) is 23.2 Å². The SMILES string of the molecule is CC.CC.CCC(C)c1cnc(-c2cc(C(C)C)c(F)cc2OC)c(C)c1. The van der Waals surface area contributed by atoms with E-state index in [9.17, 15) is 4.39 Å². The van der Waals surface area contributed by atoms with E-state index >= 15 is 0 Å². The van der Waals surface area contributed by atoms with Crippen molar-refractivity contribution in [3.05, 3.63) is 46.9 Å². The van der Waals surface area contributed by atoms with Crippen LogP contribution in [0, 0.1) is 12.7 Å². The molecule has 0 spiro atoms. The van der Waals surface area contributed by atoms with Crippen LogP contribution in [0.3, 0.4) is 0 Å². The molecule has 1 unspecified atom stereocenters. The number of ether oxygens (including phenoxy) is 1. The summed E-state index contributed by atoms with van der Waals surface area (Å²) in [6.07, 6.45) is 3.01. The highest BCUT2D eigenvalue weighted by molar-refractivity contribution is 5.71. The molecule has 152 valence electrons. The van der Waals surface area contributed by atoms with Crippen molar-refractivity contribution in [1.82, 2.24) is 4.98 Å². The molecule has 2 aromatic rings. The Kier molecular flexibility index (Phi) is 11.6. The van der Waals surface area contributed by atoms with Crippen molar-refractivity contribution in [1.29, 1.82) is 0 Å². The van der Waals surface area contributed by atoms with E-state index in [1.807, 2.05) is 60.7 Å². The molecule has 0 saturated heterocycles. The molecule has 2 nitrogen and oxygen atoms in total. The number of pyridine rings is 1. The number of halogens is 1. The minimum atomic E-state index is -0.227. The molecule has 3 heteroatoms. The smallest absolute Gasteiger partial charge is 0.131 e. The number of nitrogens with zero attached hydrogens (tertiary/aromatic N) is 1. The van der Waals surface area contributed by atoms with Gasteiger partial charge in [-0.3, -0.25) is 4.98 Å². The Balaban J connectivity index is 0.00000158. The summed E-state index contributed by atoms with van der Waals surface area (Å²) >= 11 is 0. The van der Waals surface area contributed by atoms with Crippen molar-refractivity contribution in [2.75, 3.05) is 7.11 Å². The molecule has 0 saturated carbocycles. The highest BCUT2D eigenvalue weighted by atomic mass is 19.1. The van der Waals surface area contributed by atoms with Gasteiger partial charge in [0.1, 0.15) is 11.6 Å². The molecular weight excluding hydrogens is 337 g/mol. The fourth-order valence-electron chi connectivity index (χ4n) is 2.75. The number of hydrogen-bond acceptors (Lipinski definition) is 2. The first-order valence-corrected chi connectivity index (χ1v) is 10.2. The summed E-state index contributed by atoms with van der Waals surface area (Å²) in [5.41, 5.74) is 4.72. The Morgan fingerprint density at radius 1 is 1.04 bits per heavy atom. The van der Waals surface area contributed by atoms with Gasteiger partial charge in [0.05, 0.1) is 12.8 Å². The van der Waals surface area contributed by atoms with Gasteiger partial charge >= 0.3 is 0 Å². The van der Waals surface area contributed by atoms with E-state index in [2.05, 4.69) is 24.9 Å². The zero-order chi connectivity index (χ0) is 21.1. The molecule has 1 heterocycles. The lowest BCUT2D eigenvalue weighted by Gasteiger charge is -2.16. The summed E-state index contributed by atoms with van der Waals surface area (Å²) in [5.74, 6) is 0.893. The van der Waals surface area contributed by atoms with Gasteiger partial charge in [0.25, 0.3) is 0 Å². The molecular formula is C24H38FNO. The Morgan fingerprint density at radius 3 is 2.07 bits per heavy atom. The summed E-state index contributed by atoms with van der Waals surface area (Å²) in [7, 11) is 1.57. The molecule has 2 rings (SSSR count). The fourth-order valence-corrected chi connectivity index (χ4v) is 2.75. The first kappa shape index (κ1) is 25.1. The van der Waals surface area contributed by atoms with Crippen LogP contribution < -0.4 is 4.74 Å². The van der Waals surface area contributed by atoms with Crippen LogP contribution in [0.25, 0.3) is 11.3 Å². The molecule has 0 fully saturated rings. The lowest BCUT2D eigenvalue weighted by Crippen LogP contribution is -2.01. The van der Waals surface area contributed by atoms with Crippen molar-refractivity contribution < 1.29 is 9.13 Å². The molecule has 0 radical (unpaired) electrons. The molecule has 0 bridgehead atoms. The van der Waals surface area contributed by atoms with Gasteiger partial charge in [-0.25, -0.2) is 4.39 Å². The van der Waals surface area contributed by atoms with Crippen molar-refractivity contribution >= 4 is 0 Å². The first-order valence-electron chi connectivity index (χ1n) is 10.2. The van der Waals surface area contributed by atoms with Gasteiger partial charge < -0.3 is 4.74 Å². The lowest BCUT2D eigenvalue weighted by molar-refractivity contribution is 0.412. The van der Waals surface area contributed by atoms with Gasteiger partial charge in [-0.2, -0.15) is 0 Å². The zero-order valence-electron chi connectivity index (χ0n) is 18.9. The molecule has 1 atom stereocenters. The third-order valence-corrected chi connectivity index (χ3v) is 4.48. The average Bonchev–Trinajstić information content (AvgIpc) is 2.70. The number of aromatic nitrogens is 1. The van der Waals surface area contributed by atoms with Crippen molar-refractivity contribution in [3.8, 4) is 17.0 Å². The minimum Gasteiger partial charge on any atom is -0.496 e. The second-order valence-electron chi connectivity index (χ2n) is 6.47. The van der Waals surface area contributed by atoms with E-state index in [0.29, 0.717) is 17.2 Å². The second kappa shape index (κ2) is 12.5. The van der Waals surface area contributed by atoms with Gasteiger partial charge in [0.2, 0.25) is 0 Å².